The zero-order chi connectivity index (χ0) is 13.7. The first kappa shape index (κ1) is 12.1. The molecule has 2 aromatic carbocycles. The Morgan fingerprint density at radius 3 is 2.80 bits per heavy atom. The highest BCUT2D eigenvalue weighted by Crippen LogP contribution is 2.33. The molecule has 2 aromatic heterocycles. The SMILES string of the molecule is Cln1cc(-c2cc3cc(Br)ccc3[nH]2)c2ccccc21. The zero-order valence-electron chi connectivity index (χ0n) is 10.4. The first-order valence-corrected chi connectivity index (χ1v) is 7.40. The molecule has 2 nitrogen and oxygen atoms in total. The maximum Gasteiger partial charge on any atom is 0.0654 e. The number of H-pyrrole nitrogens is 1. The van der Waals surface area contributed by atoms with Gasteiger partial charge in [0.25, 0.3) is 0 Å². The van der Waals surface area contributed by atoms with Gasteiger partial charge in [-0.2, -0.15) is 0 Å². The molecule has 2 heterocycles. The van der Waals surface area contributed by atoms with Crippen LogP contribution in [0.1, 0.15) is 0 Å². The van der Waals surface area contributed by atoms with Crippen LogP contribution >= 0.6 is 27.7 Å². The Hall–Kier alpha value is -1.71. The third-order valence-corrected chi connectivity index (χ3v) is 4.31. The van der Waals surface area contributed by atoms with Crippen molar-refractivity contribution in [2.24, 2.45) is 0 Å². The van der Waals surface area contributed by atoms with Crippen LogP contribution in [-0.2, 0) is 0 Å². The summed E-state index contributed by atoms with van der Waals surface area (Å²) in [7, 11) is 0. The molecule has 0 atom stereocenters. The van der Waals surface area contributed by atoms with Gasteiger partial charge in [0.1, 0.15) is 0 Å². The predicted molar refractivity (Wildman–Crippen MR) is 88.2 cm³/mol. The molecule has 0 radical (unpaired) electrons. The normalized spacial score (nSPS) is 11.5. The molecule has 0 fully saturated rings. The monoisotopic (exact) mass is 344 g/mol. The Morgan fingerprint density at radius 2 is 1.90 bits per heavy atom. The summed E-state index contributed by atoms with van der Waals surface area (Å²) in [6.45, 7) is 0. The van der Waals surface area contributed by atoms with E-state index >= 15 is 0 Å². The molecular formula is C16H10BrClN2. The van der Waals surface area contributed by atoms with Crippen molar-refractivity contribution in [1.82, 2.24) is 9.07 Å². The summed E-state index contributed by atoms with van der Waals surface area (Å²) in [5, 5.41) is 2.33. The predicted octanol–water partition coefficient (Wildman–Crippen LogP) is 5.55. The van der Waals surface area contributed by atoms with Gasteiger partial charge >= 0.3 is 0 Å². The van der Waals surface area contributed by atoms with Crippen molar-refractivity contribution in [2.45, 2.75) is 0 Å². The maximum atomic E-state index is 6.25. The standard InChI is InChI=1S/C16H10BrClN2/c17-11-5-6-14-10(7-11)8-15(19-14)13-9-20(18)16-4-2-1-3-12(13)16/h1-9,19H. The van der Waals surface area contributed by atoms with Gasteiger partial charge in [0, 0.05) is 50.0 Å². The van der Waals surface area contributed by atoms with E-state index in [0.717, 1.165) is 32.1 Å². The molecule has 0 unspecified atom stereocenters. The number of fused-ring (bicyclic) bond motifs is 2. The van der Waals surface area contributed by atoms with E-state index in [-0.39, 0.29) is 0 Å². The van der Waals surface area contributed by atoms with E-state index in [4.69, 9.17) is 11.8 Å². The summed E-state index contributed by atoms with van der Waals surface area (Å²) in [6, 6.07) is 16.5. The molecule has 0 amide bonds. The number of benzene rings is 2. The molecule has 0 aliphatic rings. The van der Waals surface area contributed by atoms with Crippen molar-refractivity contribution in [1.29, 1.82) is 0 Å². The topological polar surface area (TPSA) is 20.7 Å². The summed E-state index contributed by atoms with van der Waals surface area (Å²) in [5.41, 5.74) is 4.33. The largest absolute Gasteiger partial charge is 0.354 e. The van der Waals surface area contributed by atoms with Gasteiger partial charge < -0.3 is 4.98 Å². The highest BCUT2D eigenvalue weighted by atomic mass is 79.9. The molecule has 0 aliphatic carbocycles. The minimum atomic E-state index is 1.02. The third-order valence-electron chi connectivity index (χ3n) is 3.54. The lowest BCUT2D eigenvalue weighted by atomic mass is 10.1. The second-order valence-electron chi connectivity index (χ2n) is 4.79. The van der Waals surface area contributed by atoms with E-state index in [1.807, 2.05) is 30.5 Å². The lowest BCUT2D eigenvalue weighted by molar-refractivity contribution is 1.32. The van der Waals surface area contributed by atoms with E-state index in [0.29, 0.717) is 0 Å². The van der Waals surface area contributed by atoms with Crippen LogP contribution in [0.5, 0.6) is 0 Å². The number of aromatic amines is 1. The molecule has 4 heteroatoms. The van der Waals surface area contributed by atoms with Gasteiger partial charge in [0.2, 0.25) is 0 Å². The molecule has 0 saturated carbocycles. The van der Waals surface area contributed by atoms with E-state index in [2.05, 4.69) is 45.2 Å². The number of hydrogen-bond donors (Lipinski definition) is 1. The molecule has 98 valence electrons. The molecule has 4 rings (SSSR count). The number of para-hydroxylation sites is 1. The average molecular weight is 346 g/mol. The molecule has 0 aliphatic heterocycles. The van der Waals surface area contributed by atoms with Gasteiger partial charge in [-0.05, 0) is 30.3 Å². The minimum absolute atomic E-state index is 1.02. The number of hydrogen-bond acceptors (Lipinski definition) is 0. The molecule has 0 bridgehead atoms. The molecule has 4 aromatic rings. The number of nitrogens with one attached hydrogen (secondary N) is 1. The number of aromatic nitrogens is 2. The van der Waals surface area contributed by atoms with Gasteiger partial charge in [-0.15, -0.1) is 0 Å². The molecule has 20 heavy (non-hydrogen) atoms. The Morgan fingerprint density at radius 1 is 1.05 bits per heavy atom. The summed E-state index contributed by atoms with van der Waals surface area (Å²) in [4.78, 5) is 3.45. The summed E-state index contributed by atoms with van der Waals surface area (Å²) < 4.78 is 2.72. The quantitative estimate of drug-likeness (QED) is 0.466. The number of rotatable bonds is 1. The number of halogens is 2. The Balaban J connectivity index is 2.01. The zero-order valence-corrected chi connectivity index (χ0v) is 12.7. The fraction of sp³-hybridized carbons (Fsp3) is 0. The van der Waals surface area contributed by atoms with Crippen molar-refractivity contribution >= 4 is 49.5 Å². The summed E-state index contributed by atoms with van der Waals surface area (Å²) in [6.07, 6.45) is 1.95. The summed E-state index contributed by atoms with van der Waals surface area (Å²) >= 11 is 9.75. The fourth-order valence-electron chi connectivity index (χ4n) is 2.60. The van der Waals surface area contributed by atoms with Crippen molar-refractivity contribution < 1.29 is 0 Å². The maximum absolute atomic E-state index is 6.25. The smallest absolute Gasteiger partial charge is 0.0654 e. The highest BCUT2D eigenvalue weighted by Gasteiger charge is 2.11. The van der Waals surface area contributed by atoms with E-state index in [9.17, 15) is 0 Å². The van der Waals surface area contributed by atoms with E-state index < -0.39 is 0 Å². The van der Waals surface area contributed by atoms with Crippen molar-refractivity contribution in [3.8, 4) is 11.3 Å². The van der Waals surface area contributed by atoms with Crippen LogP contribution in [0.2, 0.25) is 0 Å². The first-order valence-electron chi connectivity index (χ1n) is 6.27. The van der Waals surface area contributed by atoms with Crippen LogP contribution in [0.4, 0.5) is 0 Å². The molecule has 0 saturated heterocycles. The van der Waals surface area contributed by atoms with Gasteiger partial charge in [-0.1, -0.05) is 34.1 Å². The average Bonchev–Trinajstić information content (AvgIpc) is 3.00. The van der Waals surface area contributed by atoms with Crippen LogP contribution in [0, 0.1) is 0 Å². The molecule has 1 N–H and O–H groups in total. The van der Waals surface area contributed by atoms with Crippen molar-refractivity contribution in [2.75, 3.05) is 0 Å². The van der Waals surface area contributed by atoms with Crippen LogP contribution in [0.25, 0.3) is 33.1 Å². The van der Waals surface area contributed by atoms with Crippen LogP contribution < -0.4 is 0 Å². The first-order chi connectivity index (χ1) is 9.72. The van der Waals surface area contributed by atoms with E-state index in [1.54, 1.807) is 4.09 Å². The summed E-state index contributed by atoms with van der Waals surface area (Å²) in [5.74, 6) is 0. The lowest BCUT2D eigenvalue weighted by Crippen LogP contribution is -1.73. The van der Waals surface area contributed by atoms with Crippen LogP contribution in [-0.4, -0.2) is 9.07 Å². The van der Waals surface area contributed by atoms with Crippen LogP contribution in [0.3, 0.4) is 0 Å². The molecule has 0 spiro atoms. The minimum Gasteiger partial charge on any atom is -0.354 e. The third kappa shape index (κ3) is 1.78. The van der Waals surface area contributed by atoms with Crippen molar-refractivity contribution in [3.63, 3.8) is 0 Å². The second kappa shape index (κ2) is 4.40. The van der Waals surface area contributed by atoms with E-state index in [1.165, 1.54) is 5.39 Å². The lowest BCUT2D eigenvalue weighted by Gasteiger charge is -1.94. The van der Waals surface area contributed by atoms with Crippen molar-refractivity contribution in [3.05, 3.63) is 59.2 Å². The van der Waals surface area contributed by atoms with Gasteiger partial charge in [-0.25, -0.2) is 0 Å². The van der Waals surface area contributed by atoms with Gasteiger partial charge in [0.15, 0.2) is 0 Å². The Kier molecular flexibility index (Phi) is 2.65. The Labute approximate surface area is 129 Å². The Bertz CT molecular complexity index is 936. The van der Waals surface area contributed by atoms with Gasteiger partial charge in [0.05, 0.1) is 5.52 Å². The highest BCUT2D eigenvalue weighted by molar-refractivity contribution is 9.10. The fourth-order valence-corrected chi connectivity index (χ4v) is 3.23. The number of nitrogens with zero attached hydrogens (tertiary/aromatic N) is 1. The van der Waals surface area contributed by atoms with Gasteiger partial charge in [-0.3, -0.25) is 4.09 Å². The molecular weight excluding hydrogens is 336 g/mol. The second-order valence-corrected chi connectivity index (χ2v) is 6.07. The van der Waals surface area contributed by atoms with Crippen LogP contribution in [0.15, 0.2) is 59.2 Å².